The third-order valence-electron chi connectivity index (χ3n) is 4.78. The quantitative estimate of drug-likeness (QED) is 0.775. The summed E-state index contributed by atoms with van der Waals surface area (Å²) in [5, 5.41) is 0. The number of nitrogens with two attached hydrogens (primary N) is 1. The first-order chi connectivity index (χ1) is 8.84. The monoisotopic (exact) mass is 283 g/mol. The maximum Gasteiger partial charge on any atom is 0.235 e. The lowest BCUT2D eigenvalue weighted by molar-refractivity contribution is -0.140. The van der Waals surface area contributed by atoms with Gasteiger partial charge in [0.05, 0.1) is 10.4 Å². The molecule has 2 saturated heterocycles. The summed E-state index contributed by atoms with van der Waals surface area (Å²) >= 11 is 5.03. The second kappa shape index (κ2) is 5.37. The fraction of sp³-hybridized carbons (Fsp3) is 0.857. The molecular formula is C14H25N3OS. The average molecular weight is 283 g/mol. The molecule has 2 aliphatic rings. The molecule has 0 saturated carbocycles. The minimum Gasteiger partial charge on any atom is -0.392 e. The summed E-state index contributed by atoms with van der Waals surface area (Å²) in [6.07, 6.45) is 3.53. The van der Waals surface area contributed by atoms with Gasteiger partial charge < -0.3 is 15.5 Å². The third-order valence-corrected chi connectivity index (χ3v) is 5.29. The number of hydrogen-bond acceptors (Lipinski definition) is 3. The molecule has 2 heterocycles. The molecule has 0 aromatic heterocycles. The fourth-order valence-corrected chi connectivity index (χ4v) is 3.42. The molecule has 2 atom stereocenters. The van der Waals surface area contributed by atoms with E-state index in [9.17, 15) is 4.79 Å². The van der Waals surface area contributed by atoms with Crippen molar-refractivity contribution >= 4 is 23.1 Å². The van der Waals surface area contributed by atoms with Crippen molar-refractivity contribution in [3.8, 4) is 0 Å². The van der Waals surface area contributed by atoms with E-state index in [-0.39, 0.29) is 5.91 Å². The van der Waals surface area contributed by atoms with Crippen LogP contribution >= 0.6 is 12.2 Å². The highest BCUT2D eigenvalue weighted by molar-refractivity contribution is 7.80. The lowest BCUT2D eigenvalue weighted by atomic mass is 9.82. The Morgan fingerprint density at radius 3 is 2.63 bits per heavy atom. The van der Waals surface area contributed by atoms with Crippen molar-refractivity contribution in [1.29, 1.82) is 0 Å². The standard InChI is InChI=1S/C14H25N3OS/c1-14(2,12(15)19)13(18)17-8-6-11-10(9-17)5-4-7-16(11)3/h10-11H,4-9H2,1-3H3,(H2,15,19). The lowest BCUT2D eigenvalue weighted by Gasteiger charge is -2.47. The van der Waals surface area contributed by atoms with Gasteiger partial charge in [-0.05, 0) is 52.6 Å². The number of thiocarbonyl (C=S) groups is 1. The zero-order valence-corrected chi connectivity index (χ0v) is 13.0. The third kappa shape index (κ3) is 2.77. The van der Waals surface area contributed by atoms with Crippen LogP contribution in [0.25, 0.3) is 0 Å². The SMILES string of the molecule is CN1CCCC2CN(C(=O)C(C)(C)C(N)=S)CCC21. The predicted molar refractivity (Wildman–Crippen MR) is 80.9 cm³/mol. The van der Waals surface area contributed by atoms with Gasteiger partial charge in [0.25, 0.3) is 0 Å². The maximum absolute atomic E-state index is 12.6. The summed E-state index contributed by atoms with van der Waals surface area (Å²) in [6.45, 7) is 6.54. The smallest absolute Gasteiger partial charge is 0.235 e. The van der Waals surface area contributed by atoms with Gasteiger partial charge >= 0.3 is 0 Å². The van der Waals surface area contributed by atoms with Crippen LogP contribution in [0, 0.1) is 11.3 Å². The molecule has 4 nitrogen and oxygen atoms in total. The molecule has 0 bridgehead atoms. The predicted octanol–water partition coefficient (Wildman–Crippen LogP) is 1.24. The molecule has 0 aliphatic carbocycles. The van der Waals surface area contributed by atoms with E-state index in [4.69, 9.17) is 18.0 Å². The number of fused-ring (bicyclic) bond motifs is 1. The molecule has 2 rings (SSSR count). The van der Waals surface area contributed by atoms with Crippen LogP contribution in [0.15, 0.2) is 0 Å². The van der Waals surface area contributed by atoms with Gasteiger partial charge in [-0.1, -0.05) is 12.2 Å². The topological polar surface area (TPSA) is 49.6 Å². The van der Waals surface area contributed by atoms with E-state index in [0.717, 1.165) is 19.5 Å². The van der Waals surface area contributed by atoms with Crippen molar-refractivity contribution in [2.75, 3.05) is 26.7 Å². The summed E-state index contributed by atoms with van der Waals surface area (Å²) in [5.74, 6) is 0.699. The van der Waals surface area contributed by atoms with Crippen molar-refractivity contribution in [3.63, 3.8) is 0 Å². The Balaban J connectivity index is 2.05. The van der Waals surface area contributed by atoms with Gasteiger partial charge in [-0.15, -0.1) is 0 Å². The maximum atomic E-state index is 12.6. The van der Waals surface area contributed by atoms with Crippen molar-refractivity contribution < 1.29 is 4.79 Å². The van der Waals surface area contributed by atoms with E-state index >= 15 is 0 Å². The normalized spacial score (nSPS) is 28.9. The first-order valence-electron chi connectivity index (χ1n) is 7.13. The van der Waals surface area contributed by atoms with Crippen molar-refractivity contribution in [3.05, 3.63) is 0 Å². The van der Waals surface area contributed by atoms with Gasteiger partial charge in [0.1, 0.15) is 0 Å². The number of carbonyl (C=O) groups is 1. The highest BCUT2D eigenvalue weighted by Gasteiger charge is 2.40. The molecule has 2 fully saturated rings. The average Bonchev–Trinajstić information content (AvgIpc) is 2.37. The molecule has 2 aliphatic heterocycles. The van der Waals surface area contributed by atoms with Gasteiger partial charge in [0.15, 0.2) is 0 Å². The number of carbonyl (C=O) groups excluding carboxylic acids is 1. The zero-order valence-electron chi connectivity index (χ0n) is 12.2. The van der Waals surface area contributed by atoms with Crippen LogP contribution in [0.5, 0.6) is 0 Å². The summed E-state index contributed by atoms with van der Waals surface area (Å²) in [5.41, 5.74) is 4.99. The molecule has 5 heteroatoms. The number of nitrogens with zero attached hydrogens (tertiary/aromatic N) is 2. The largest absolute Gasteiger partial charge is 0.392 e. The number of amides is 1. The highest BCUT2D eigenvalue weighted by Crippen LogP contribution is 2.31. The highest BCUT2D eigenvalue weighted by atomic mass is 32.1. The number of piperidine rings is 2. The van der Waals surface area contributed by atoms with Gasteiger partial charge in [0.2, 0.25) is 5.91 Å². The zero-order chi connectivity index (χ0) is 14.2. The van der Waals surface area contributed by atoms with Crippen LogP contribution in [0.2, 0.25) is 0 Å². The number of likely N-dealkylation sites (tertiary alicyclic amines) is 2. The van der Waals surface area contributed by atoms with E-state index in [2.05, 4.69) is 11.9 Å². The summed E-state index contributed by atoms with van der Waals surface area (Å²) in [6, 6.07) is 0.644. The van der Waals surface area contributed by atoms with E-state index < -0.39 is 5.41 Å². The Kier molecular flexibility index (Phi) is 4.16. The van der Waals surface area contributed by atoms with Crippen LogP contribution in [0.1, 0.15) is 33.1 Å². The minimum absolute atomic E-state index is 0.0895. The van der Waals surface area contributed by atoms with Gasteiger partial charge in [-0.25, -0.2) is 0 Å². The molecule has 19 heavy (non-hydrogen) atoms. The summed E-state index contributed by atoms with van der Waals surface area (Å²) < 4.78 is 0. The molecule has 0 aromatic rings. The Labute approximate surface area is 121 Å². The van der Waals surface area contributed by atoms with Crippen LogP contribution in [-0.4, -0.2) is 53.4 Å². The number of rotatable bonds is 2. The van der Waals surface area contributed by atoms with Crippen molar-refractivity contribution in [2.24, 2.45) is 17.1 Å². The molecule has 0 spiro atoms. The lowest BCUT2D eigenvalue weighted by Crippen LogP contribution is -2.57. The summed E-state index contributed by atoms with van der Waals surface area (Å²) in [7, 11) is 2.20. The van der Waals surface area contributed by atoms with E-state index in [0.29, 0.717) is 16.9 Å². The molecule has 2 unspecified atom stereocenters. The van der Waals surface area contributed by atoms with Gasteiger partial charge in [0, 0.05) is 19.1 Å². The molecule has 108 valence electrons. The van der Waals surface area contributed by atoms with Crippen molar-refractivity contribution in [1.82, 2.24) is 9.80 Å². The minimum atomic E-state index is -0.720. The molecule has 2 N–H and O–H groups in total. The Morgan fingerprint density at radius 1 is 1.32 bits per heavy atom. The fourth-order valence-electron chi connectivity index (χ4n) is 3.34. The first kappa shape index (κ1) is 14.7. The van der Waals surface area contributed by atoms with E-state index in [1.165, 1.54) is 19.4 Å². The van der Waals surface area contributed by atoms with E-state index in [1.807, 2.05) is 18.7 Å². The second-order valence-electron chi connectivity index (χ2n) is 6.48. The molecule has 0 aromatic carbocycles. The Bertz CT molecular complexity index is 383. The first-order valence-corrected chi connectivity index (χ1v) is 7.54. The second-order valence-corrected chi connectivity index (χ2v) is 6.92. The van der Waals surface area contributed by atoms with Crippen LogP contribution in [0.4, 0.5) is 0 Å². The van der Waals surface area contributed by atoms with E-state index in [1.54, 1.807) is 0 Å². The van der Waals surface area contributed by atoms with Gasteiger partial charge in [-0.3, -0.25) is 4.79 Å². The molecular weight excluding hydrogens is 258 g/mol. The van der Waals surface area contributed by atoms with Crippen LogP contribution in [-0.2, 0) is 4.79 Å². The summed E-state index contributed by atoms with van der Waals surface area (Å²) in [4.78, 5) is 17.3. The van der Waals surface area contributed by atoms with Crippen molar-refractivity contribution in [2.45, 2.75) is 39.2 Å². The Hall–Kier alpha value is -0.680. The van der Waals surface area contributed by atoms with Crippen LogP contribution < -0.4 is 5.73 Å². The molecule has 1 amide bonds. The van der Waals surface area contributed by atoms with Gasteiger partial charge in [-0.2, -0.15) is 0 Å². The number of hydrogen-bond donors (Lipinski definition) is 1. The molecule has 0 radical (unpaired) electrons. The van der Waals surface area contributed by atoms with Crippen LogP contribution in [0.3, 0.4) is 0 Å². The Morgan fingerprint density at radius 2 is 2.00 bits per heavy atom.